The largest absolute Gasteiger partial charge is 0.393 e. The summed E-state index contributed by atoms with van der Waals surface area (Å²) in [7, 11) is 0. The standard InChI is InChI=1S/C29H53N5O/c1-17(2)7-6-8-18(3)22-11-12-23-21-10-9-19-15-20(35)16-25(33-27(32)34-26(30)31)29(19,5)24(21)13-14-28(22,23)4/h17-25,35H,6-16H2,1-5H3,(H6,30,31,32,33,34)/t18-,19-,20+,21-,22-,23+,24+,25?,28-,29+/m1/s1. The Morgan fingerprint density at radius 3 is 2.46 bits per heavy atom. The van der Waals surface area contributed by atoms with Gasteiger partial charge in [0.1, 0.15) is 0 Å². The molecule has 0 radical (unpaired) electrons. The Labute approximate surface area is 214 Å². The summed E-state index contributed by atoms with van der Waals surface area (Å²) >= 11 is 0. The number of aliphatic hydroxyl groups excluding tert-OH is 1. The number of nitrogens with zero attached hydrogens (tertiary/aromatic N) is 1. The van der Waals surface area contributed by atoms with Crippen LogP contribution >= 0.6 is 0 Å². The predicted octanol–water partition coefficient (Wildman–Crippen LogP) is 5.24. The van der Waals surface area contributed by atoms with Crippen LogP contribution in [-0.4, -0.2) is 29.2 Å². The molecule has 0 saturated heterocycles. The molecule has 4 aliphatic carbocycles. The first-order valence-electron chi connectivity index (χ1n) is 14.6. The Kier molecular flexibility index (Phi) is 7.81. The third kappa shape index (κ3) is 4.98. The summed E-state index contributed by atoms with van der Waals surface area (Å²) in [6.45, 7) is 12.3. The van der Waals surface area contributed by atoms with Gasteiger partial charge in [-0.25, -0.2) is 4.99 Å². The van der Waals surface area contributed by atoms with Crippen molar-refractivity contribution in [2.45, 2.75) is 117 Å². The molecule has 0 amide bonds. The van der Waals surface area contributed by atoms with Crippen molar-refractivity contribution >= 4 is 11.9 Å². The van der Waals surface area contributed by atoms with Crippen LogP contribution in [0.1, 0.15) is 105 Å². The monoisotopic (exact) mass is 487 g/mol. The van der Waals surface area contributed by atoms with E-state index in [0.717, 1.165) is 36.0 Å². The number of nitrogens with two attached hydrogens (primary N) is 2. The predicted molar refractivity (Wildman–Crippen MR) is 145 cm³/mol. The van der Waals surface area contributed by atoms with Gasteiger partial charge in [-0.2, -0.15) is 0 Å². The van der Waals surface area contributed by atoms with Gasteiger partial charge in [0, 0.05) is 0 Å². The van der Waals surface area contributed by atoms with Crippen molar-refractivity contribution in [2.75, 3.05) is 0 Å². The lowest BCUT2D eigenvalue weighted by Gasteiger charge is -2.62. The molecule has 0 bridgehead atoms. The molecule has 35 heavy (non-hydrogen) atoms. The Balaban J connectivity index is 1.55. The lowest BCUT2D eigenvalue weighted by Crippen LogP contribution is -2.59. The van der Waals surface area contributed by atoms with Crippen molar-refractivity contribution < 1.29 is 5.11 Å². The van der Waals surface area contributed by atoms with E-state index in [9.17, 15) is 5.11 Å². The van der Waals surface area contributed by atoms with Crippen LogP contribution in [-0.2, 0) is 0 Å². The lowest BCUT2D eigenvalue weighted by molar-refractivity contribution is -0.137. The maximum Gasteiger partial charge on any atom is 0.195 e. The normalized spacial score (nSPS) is 44.3. The van der Waals surface area contributed by atoms with E-state index in [-0.39, 0.29) is 29.5 Å². The molecule has 10 atom stereocenters. The minimum atomic E-state index is -0.320. The molecule has 6 heteroatoms. The summed E-state index contributed by atoms with van der Waals surface area (Å²) in [4.78, 5) is 4.87. The van der Waals surface area contributed by atoms with Gasteiger partial charge in [-0.05, 0) is 104 Å². The van der Waals surface area contributed by atoms with Gasteiger partial charge >= 0.3 is 0 Å². The zero-order chi connectivity index (χ0) is 25.5. The number of aliphatic hydroxyl groups is 1. The SMILES string of the molecule is CC(C)CCC[C@@H](C)[C@H]1CC[C@H]2[C@H]3CC[C@@H]4C[C@H](O)CC(N=C(N)NC(=N)N)[C@]4(C)[C@H]3CC[C@]12C. The second-order valence-electron chi connectivity index (χ2n) is 13.7. The van der Waals surface area contributed by atoms with Gasteiger partial charge in [-0.15, -0.1) is 0 Å². The Morgan fingerprint density at radius 1 is 1.03 bits per heavy atom. The highest BCUT2D eigenvalue weighted by Crippen LogP contribution is 2.68. The third-order valence-electron chi connectivity index (χ3n) is 11.5. The summed E-state index contributed by atoms with van der Waals surface area (Å²) in [5, 5.41) is 20.9. The average Bonchev–Trinajstić information content (AvgIpc) is 3.11. The van der Waals surface area contributed by atoms with Gasteiger partial charge < -0.3 is 16.6 Å². The zero-order valence-corrected chi connectivity index (χ0v) is 23.0. The van der Waals surface area contributed by atoms with Crippen LogP contribution in [0.4, 0.5) is 0 Å². The van der Waals surface area contributed by atoms with Gasteiger partial charge in [0.05, 0.1) is 12.1 Å². The molecule has 200 valence electrons. The fraction of sp³-hybridized carbons (Fsp3) is 0.931. The van der Waals surface area contributed by atoms with Gasteiger partial charge in [-0.3, -0.25) is 10.7 Å². The average molecular weight is 488 g/mol. The molecule has 6 nitrogen and oxygen atoms in total. The van der Waals surface area contributed by atoms with E-state index >= 15 is 0 Å². The van der Waals surface area contributed by atoms with Crippen molar-refractivity contribution in [3.8, 4) is 0 Å². The van der Waals surface area contributed by atoms with Gasteiger partial charge in [0.25, 0.3) is 0 Å². The summed E-state index contributed by atoms with van der Waals surface area (Å²) in [6.07, 6.45) is 13.3. The van der Waals surface area contributed by atoms with Crippen LogP contribution in [0, 0.1) is 57.7 Å². The van der Waals surface area contributed by atoms with E-state index in [0.29, 0.717) is 23.7 Å². The molecular weight excluding hydrogens is 434 g/mol. The molecular formula is C29H53N5O. The molecule has 0 aromatic heterocycles. The minimum Gasteiger partial charge on any atom is -0.393 e. The third-order valence-corrected chi connectivity index (χ3v) is 11.5. The van der Waals surface area contributed by atoms with Crippen LogP contribution in [0.5, 0.6) is 0 Å². The van der Waals surface area contributed by atoms with Crippen molar-refractivity contribution in [1.29, 1.82) is 5.41 Å². The fourth-order valence-electron chi connectivity index (χ4n) is 9.85. The van der Waals surface area contributed by atoms with Crippen LogP contribution < -0.4 is 16.8 Å². The molecule has 0 spiro atoms. The number of guanidine groups is 2. The van der Waals surface area contributed by atoms with E-state index < -0.39 is 0 Å². The molecule has 1 unspecified atom stereocenters. The molecule has 7 N–H and O–H groups in total. The highest BCUT2D eigenvalue weighted by atomic mass is 16.3. The molecule has 4 fully saturated rings. The molecule has 4 aliphatic rings. The smallest absolute Gasteiger partial charge is 0.195 e. The number of aliphatic imine (C=N–C) groups is 1. The number of nitrogens with one attached hydrogen (secondary N) is 2. The summed E-state index contributed by atoms with van der Waals surface area (Å²) < 4.78 is 0. The number of rotatable bonds is 6. The van der Waals surface area contributed by atoms with E-state index in [2.05, 4.69) is 39.9 Å². The van der Waals surface area contributed by atoms with Crippen molar-refractivity contribution in [3.05, 3.63) is 0 Å². The Bertz CT molecular complexity index is 798. The fourth-order valence-corrected chi connectivity index (χ4v) is 9.85. The number of hydrogen-bond donors (Lipinski definition) is 5. The number of fused-ring (bicyclic) bond motifs is 5. The Hall–Kier alpha value is -1.30. The van der Waals surface area contributed by atoms with Crippen LogP contribution in [0.3, 0.4) is 0 Å². The maximum absolute atomic E-state index is 10.7. The first-order chi connectivity index (χ1) is 16.5. The second kappa shape index (κ2) is 10.2. The van der Waals surface area contributed by atoms with Crippen molar-refractivity contribution in [1.82, 2.24) is 5.32 Å². The van der Waals surface area contributed by atoms with Crippen LogP contribution in [0.15, 0.2) is 4.99 Å². The molecule has 0 heterocycles. The summed E-state index contributed by atoms with van der Waals surface area (Å²) in [6, 6.07) is -0.0209. The zero-order valence-electron chi connectivity index (χ0n) is 23.0. The summed E-state index contributed by atoms with van der Waals surface area (Å²) in [5.74, 6) is 5.25. The molecule has 4 rings (SSSR count). The lowest BCUT2D eigenvalue weighted by atomic mass is 9.43. The molecule has 0 aromatic rings. The molecule has 4 saturated carbocycles. The summed E-state index contributed by atoms with van der Waals surface area (Å²) in [5.41, 5.74) is 12.2. The topological polar surface area (TPSA) is 121 Å². The van der Waals surface area contributed by atoms with Gasteiger partial charge in [0.15, 0.2) is 11.9 Å². The second-order valence-corrected chi connectivity index (χ2v) is 13.7. The van der Waals surface area contributed by atoms with Crippen LogP contribution in [0.2, 0.25) is 0 Å². The first-order valence-corrected chi connectivity index (χ1v) is 14.6. The van der Waals surface area contributed by atoms with Gasteiger partial charge in [-0.1, -0.05) is 53.9 Å². The van der Waals surface area contributed by atoms with Crippen molar-refractivity contribution in [3.63, 3.8) is 0 Å². The van der Waals surface area contributed by atoms with Crippen LogP contribution in [0.25, 0.3) is 0 Å². The quantitative estimate of drug-likeness (QED) is 0.260. The highest BCUT2D eigenvalue weighted by molar-refractivity contribution is 5.95. The first kappa shape index (κ1) is 26.8. The minimum absolute atomic E-state index is 0.0209. The van der Waals surface area contributed by atoms with E-state index in [1.54, 1.807) is 0 Å². The maximum atomic E-state index is 10.7. The van der Waals surface area contributed by atoms with E-state index in [1.165, 1.54) is 57.8 Å². The highest BCUT2D eigenvalue weighted by Gasteiger charge is 2.62. The Morgan fingerprint density at radius 2 is 1.77 bits per heavy atom. The van der Waals surface area contributed by atoms with Crippen molar-refractivity contribution in [2.24, 2.45) is 68.7 Å². The van der Waals surface area contributed by atoms with Gasteiger partial charge in [0.2, 0.25) is 0 Å². The number of hydrogen-bond acceptors (Lipinski definition) is 3. The van der Waals surface area contributed by atoms with E-state index in [1.807, 2.05) is 0 Å². The molecule has 0 aliphatic heterocycles. The van der Waals surface area contributed by atoms with E-state index in [4.69, 9.17) is 21.9 Å². The molecule has 0 aromatic carbocycles.